The number of halogens is 1. The highest BCUT2D eigenvalue weighted by molar-refractivity contribution is 9.10. The molecule has 1 aliphatic rings. The number of rotatable bonds is 3. The minimum atomic E-state index is -0.662. The fourth-order valence-electron chi connectivity index (χ4n) is 2.25. The number of benzene rings is 1. The molecule has 1 atom stereocenters. The summed E-state index contributed by atoms with van der Waals surface area (Å²) in [5, 5.41) is 9.03. The summed E-state index contributed by atoms with van der Waals surface area (Å²) >= 11 is 3.41. The molecule has 0 saturated carbocycles. The predicted molar refractivity (Wildman–Crippen MR) is 69.8 cm³/mol. The molecule has 92 valence electrons. The molecular weight excluding hydrogens is 282 g/mol. The van der Waals surface area contributed by atoms with Gasteiger partial charge < -0.3 is 5.11 Å². The molecule has 1 fully saturated rings. The second-order valence-electron chi connectivity index (χ2n) is 4.54. The summed E-state index contributed by atoms with van der Waals surface area (Å²) in [6, 6.07) is 8.20. The molecule has 4 heteroatoms. The maximum atomic E-state index is 11.0. The number of hydrogen-bond donors (Lipinski definition) is 1. The van der Waals surface area contributed by atoms with Crippen molar-refractivity contribution in [3.05, 3.63) is 34.3 Å². The fourth-order valence-corrected chi connectivity index (χ4v) is 2.51. The van der Waals surface area contributed by atoms with E-state index in [0.29, 0.717) is 6.54 Å². The molecule has 1 aliphatic heterocycles. The van der Waals surface area contributed by atoms with Crippen LogP contribution < -0.4 is 0 Å². The topological polar surface area (TPSA) is 40.5 Å². The molecule has 0 unspecified atom stereocenters. The van der Waals surface area contributed by atoms with E-state index in [-0.39, 0.29) is 5.92 Å². The van der Waals surface area contributed by atoms with Gasteiger partial charge in [-0.25, -0.2) is 0 Å². The van der Waals surface area contributed by atoms with E-state index in [1.807, 2.05) is 12.1 Å². The number of piperidine rings is 1. The number of carbonyl (C=O) groups is 1. The first-order chi connectivity index (χ1) is 8.15. The van der Waals surface area contributed by atoms with E-state index in [1.165, 1.54) is 5.56 Å². The van der Waals surface area contributed by atoms with Gasteiger partial charge in [0.05, 0.1) is 5.92 Å². The third kappa shape index (κ3) is 3.54. The van der Waals surface area contributed by atoms with Gasteiger partial charge in [-0.3, -0.25) is 9.69 Å². The summed E-state index contributed by atoms with van der Waals surface area (Å²) in [6.07, 6.45) is 1.79. The summed E-state index contributed by atoms with van der Waals surface area (Å²) in [5.74, 6) is -0.857. The van der Waals surface area contributed by atoms with Crippen LogP contribution in [-0.2, 0) is 11.3 Å². The molecule has 1 aromatic rings. The zero-order valence-electron chi connectivity index (χ0n) is 9.60. The van der Waals surface area contributed by atoms with Crippen LogP contribution in [0.4, 0.5) is 0 Å². The van der Waals surface area contributed by atoms with E-state index in [0.717, 1.165) is 30.4 Å². The molecule has 17 heavy (non-hydrogen) atoms. The monoisotopic (exact) mass is 297 g/mol. The highest BCUT2D eigenvalue weighted by Crippen LogP contribution is 2.19. The van der Waals surface area contributed by atoms with Gasteiger partial charge in [0, 0.05) is 17.6 Å². The van der Waals surface area contributed by atoms with E-state index in [2.05, 4.69) is 33.0 Å². The number of aliphatic carboxylic acids is 1. The Morgan fingerprint density at radius 2 is 2.12 bits per heavy atom. The van der Waals surface area contributed by atoms with Crippen molar-refractivity contribution in [2.75, 3.05) is 13.1 Å². The Hall–Kier alpha value is -0.870. The smallest absolute Gasteiger partial charge is 0.307 e. The van der Waals surface area contributed by atoms with Gasteiger partial charge in [-0.1, -0.05) is 28.1 Å². The lowest BCUT2D eigenvalue weighted by Gasteiger charge is -2.30. The molecule has 1 aromatic carbocycles. The molecule has 0 aliphatic carbocycles. The Kier molecular flexibility index (Phi) is 4.18. The molecule has 1 heterocycles. The molecule has 0 bridgehead atoms. The van der Waals surface area contributed by atoms with E-state index in [9.17, 15) is 4.79 Å². The Bertz CT molecular complexity index is 391. The molecule has 3 nitrogen and oxygen atoms in total. The highest BCUT2D eigenvalue weighted by atomic mass is 79.9. The average Bonchev–Trinajstić information content (AvgIpc) is 2.32. The van der Waals surface area contributed by atoms with Crippen molar-refractivity contribution in [3.63, 3.8) is 0 Å². The quantitative estimate of drug-likeness (QED) is 0.933. The predicted octanol–water partition coefficient (Wildman–Crippen LogP) is 2.75. The minimum absolute atomic E-state index is 0.195. The fraction of sp³-hybridized carbons (Fsp3) is 0.462. The minimum Gasteiger partial charge on any atom is -0.481 e. The third-order valence-corrected chi connectivity index (χ3v) is 3.70. The van der Waals surface area contributed by atoms with Crippen LogP contribution in [0.5, 0.6) is 0 Å². The highest BCUT2D eigenvalue weighted by Gasteiger charge is 2.25. The number of nitrogens with zero attached hydrogens (tertiary/aromatic N) is 1. The van der Waals surface area contributed by atoms with E-state index >= 15 is 0 Å². The molecule has 2 rings (SSSR count). The summed E-state index contributed by atoms with van der Waals surface area (Å²) in [6.45, 7) is 2.52. The van der Waals surface area contributed by atoms with Crippen LogP contribution in [0.15, 0.2) is 28.7 Å². The lowest BCUT2D eigenvalue weighted by atomic mass is 9.98. The molecule has 0 radical (unpaired) electrons. The molecule has 0 aromatic heterocycles. The maximum absolute atomic E-state index is 11.0. The van der Waals surface area contributed by atoms with Gasteiger partial charge in [0.15, 0.2) is 0 Å². The van der Waals surface area contributed by atoms with Gasteiger partial charge >= 0.3 is 5.97 Å². The Labute approximate surface area is 110 Å². The molecule has 1 N–H and O–H groups in total. The number of likely N-dealkylation sites (tertiary alicyclic amines) is 1. The molecular formula is C13H16BrNO2. The van der Waals surface area contributed by atoms with Crippen LogP contribution in [0.1, 0.15) is 18.4 Å². The molecule has 1 saturated heterocycles. The van der Waals surface area contributed by atoms with Crippen molar-refractivity contribution < 1.29 is 9.90 Å². The molecule has 0 amide bonds. The van der Waals surface area contributed by atoms with Gasteiger partial charge in [0.25, 0.3) is 0 Å². The van der Waals surface area contributed by atoms with Crippen molar-refractivity contribution in [3.8, 4) is 0 Å². The van der Waals surface area contributed by atoms with E-state index in [4.69, 9.17) is 5.11 Å². The first kappa shape index (κ1) is 12.6. The Morgan fingerprint density at radius 3 is 2.76 bits per heavy atom. The average molecular weight is 298 g/mol. The second-order valence-corrected chi connectivity index (χ2v) is 5.45. The van der Waals surface area contributed by atoms with Crippen molar-refractivity contribution >= 4 is 21.9 Å². The number of carboxylic acids is 1. The van der Waals surface area contributed by atoms with Gasteiger partial charge in [-0.15, -0.1) is 0 Å². The van der Waals surface area contributed by atoms with E-state index in [1.54, 1.807) is 0 Å². The van der Waals surface area contributed by atoms with Crippen molar-refractivity contribution in [1.29, 1.82) is 0 Å². The van der Waals surface area contributed by atoms with Crippen molar-refractivity contribution in [2.24, 2.45) is 5.92 Å². The SMILES string of the molecule is O=C(O)[C@H]1CCCN(Cc2ccc(Br)cc2)C1. The zero-order valence-corrected chi connectivity index (χ0v) is 11.2. The summed E-state index contributed by atoms with van der Waals surface area (Å²) in [4.78, 5) is 13.2. The standard InChI is InChI=1S/C13H16BrNO2/c14-12-5-3-10(4-6-12)8-15-7-1-2-11(9-15)13(16)17/h3-6,11H,1-2,7-9H2,(H,16,17)/t11-/m0/s1. The van der Waals surface area contributed by atoms with Crippen LogP contribution in [0.2, 0.25) is 0 Å². The van der Waals surface area contributed by atoms with Crippen molar-refractivity contribution in [2.45, 2.75) is 19.4 Å². The van der Waals surface area contributed by atoms with Gasteiger partial charge in [-0.2, -0.15) is 0 Å². The molecule has 0 spiro atoms. The Balaban J connectivity index is 1.94. The summed E-state index contributed by atoms with van der Waals surface area (Å²) < 4.78 is 1.07. The van der Waals surface area contributed by atoms with Crippen LogP contribution in [0, 0.1) is 5.92 Å². The largest absolute Gasteiger partial charge is 0.481 e. The van der Waals surface area contributed by atoms with Gasteiger partial charge in [0.2, 0.25) is 0 Å². The zero-order chi connectivity index (χ0) is 12.3. The van der Waals surface area contributed by atoms with Gasteiger partial charge in [-0.05, 0) is 37.1 Å². The Morgan fingerprint density at radius 1 is 1.41 bits per heavy atom. The number of carboxylic acid groups (broad SMARTS) is 1. The first-order valence-corrected chi connectivity index (χ1v) is 6.64. The first-order valence-electron chi connectivity index (χ1n) is 5.85. The van der Waals surface area contributed by atoms with E-state index < -0.39 is 5.97 Å². The van der Waals surface area contributed by atoms with Crippen LogP contribution in [0.25, 0.3) is 0 Å². The van der Waals surface area contributed by atoms with Gasteiger partial charge in [0.1, 0.15) is 0 Å². The second kappa shape index (κ2) is 5.65. The number of hydrogen-bond acceptors (Lipinski definition) is 2. The third-order valence-electron chi connectivity index (χ3n) is 3.17. The lowest BCUT2D eigenvalue weighted by molar-refractivity contribution is -0.143. The van der Waals surface area contributed by atoms with Crippen LogP contribution >= 0.6 is 15.9 Å². The van der Waals surface area contributed by atoms with Crippen LogP contribution in [-0.4, -0.2) is 29.1 Å². The summed E-state index contributed by atoms with van der Waals surface area (Å²) in [5.41, 5.74) is 1.24. The normalized spacial score (nSPS) is 21.4. The van der Waals surface area contributed by atoms with Crippen LogP contribution in [0.3, 0.4) is 0 Å². The summed E-state index contributed by atoms with van der Waals surface area (Å²) in [7, 11) is 0. The maximum Gasteiger partial charge on any atom is 0.307 e. The van der Waals surface area contributed by atoms with Crippen molar-refractivity contribution in [1.82, 2.24) is 4.90 Å². The lowest BCUT2D eigenvalue weighted by Crippen LogP contribution is -2.38.